The molecular weight excluding hydrogens is 550 g/mol. The largest absolute Gasteiger partial charge is 0.455 e. The van der Waals surface area contributed by atoms with Gasteiger partial charge in [-0.15, -0.1) is 0 Å². The van der Waals surface area contributed by atoms with Crippen molar-refractivity contribution in [2.45, 2.75) is 0 Å². The maximum absolute atomic E-state index is 6.82. The molecule has 9 aromatic rings. The molecule has 0 aliphatic heterocycles. The molecule has 210 valence electrons. The minimum Gasteiger partial charge on any atom is -0.455 e. The van der Waals surface area contributed by atoms with Crippen molar-refractivity contribution in [3.8, 4) is 45.3 Å². The van der Waals surface area contributed by atoms with Crippen LogP contribution in [-0.4, -0.2) is 15.0 Å². The molecular formula is C41H25N3O. The van der Waals surface area contributed by atoms with Crippen molar-refractivity contribution < 1.29 is 4.42 Å². The van der Waals surface area contributed by atoms with Gasteiger partial charge in [0.2, 0.25) is 0 Å². The van der Waals surface area contributed by atoms with Gasteiger partial charge in [-0.05, 0) is 46.0 Å². The van der Waals surface area contributed by atoms with Crippen LogP contribution in [0.5, 0.6) is 0 Å². The topological polar surface area (TPSA) is 51.8 Å². The molecule has 7 aromatic carbocycles. The van der Waals surface area contributed by atoms with Crippen LogP contribution in [0, 0.1) is 0 Å². The van der Waals surface area contributed by atoms with Gasteiger partial charge in [0, 0.05) is 38.4 Å². The van der Waals surface area contributed by atoms with Crippen molar-refractivity contribution in [3.05, 3.63) is 152 Å². The highest BCUT2D eigenvalue weighted by Crippen LogP contribution is 2.43. The zero-order valence-electron chi connectivity index (χ0n) is 24.2. The van der Waals surface area contributed by atoms with E-state index >= 15 is 0 Å². The van der Waals surface area contributed by atoms with E-state index in [1.807, 2.05) is 36.4 Å². The number of hydrogen-bond donors (Lipinski definition) is 0. The normalized spacial score (nSPS) is 11.6. The van der Waals surface area contributed by atoms with Gasteiger partial charge in [-0.1, -0.05) is 127 Å². The van der Waals surface area contributed by atoms with Gasteiger partial charge < -0.3 is 4.42 Å². The molecule has 45 heavy (non-hydrogen) atoms. The third-order valence-corrected chi connectivity index (χ3v) is 8.51. The maximum atomic E-state index is 6.82. The highest BCUT2D eigenvalue weighted by molar-refractivity contribution is 6.21. The van der Waals surface area contributed by atoms with Crippen LogP contribution in [0.2, 0.25) is 0 Å². The minimum atomic E-state index is 0.604. The standard InChI is InChI=1S/C41H25N3O/c1-3-12-27(13-4-1)33-23-24-35(36-34-22-21-28-14-9-10-18-32(28)37(34)45-38(33)36)41-43-39(29-15-5-2-6-16-29)42-40(44-41)31-20-19-26-11-7-8-17-30(26)25-31/h1-25H. The number of fused-ring (bicyclic) bond motifs is 6. The predicted molar refractivity (Wildman–Crippen MR) is 184 cm³/mol. The minimum absolute atomic E-state index is 0.604. The molecule has 4 heteroatoms. The lowest BCUT2D eigenvalue weighted by atomic mass is 9.97. The Kier molecular flexibility index (Phi) is 5.78. The molecule has 4 nitrogen and oxygen atoms in total. The van der Waals surface area contributed by atoms with E-state index in [2.05, 4.69) is 115 Å². The first kappa shape index (κ1) is 25.4. The summed E-state index contributed by atoms with van der Waals surface area (Å²) in [6, 6.07) is 52.1. The number of rotatable bonds is 4. The number of hydrogen-bond acceptors (Lipinski definition) is 4. The summed E-state index contributed by atoms with van der Waals surface area (Å²) in [7, 11) is 0. The Labute approximate surface area is 259 Å². The van der Waals surface area contributed by atoms with Crippen LogP contribution in [0.3, 0.4) is 0 Å². The number of benzene rings is 7. The van der Waals surface area contributed by atoms with Crippen molar-refractivity contribution in [2.24, 2.45) is 0 Å². The van der Waals surface area contributed by atoms with Gasteiger partial charge in [0.25, 0.3) is 0 Å². The molecule has 0 spiro atoms. The van der Waals surface area contributed by atoms with Crippen molar-refractivity contribution in [1.29, 1.82) is 0 Å². The van der Waals surface area contributed by atoms with Crippen LogP contribution in [-0.2, 0) is 0 Å². The smallest absolute Gasteiger partial charge is 0.164 e. The van der Waals surface area contributed by atoms with Gasteiger partial charge in [0.1, 0.15) is 11.2 Å². The molecule has 0 unspecified atom stereocenters. The number of nitrogens with zero attached hydrogens (tertiary/aromatic N) is 3. The molecule has 0 atom stereocenters. The van der Waals surface area contributed by atoms with Crippen LogP contribution >= 0.6 is 0 Å². The van der Waals surface area contributed by atoms with Crippen molar-refractivity contribution >= 4 is 43.5 Å². The molecule has 2 aromatic heterocycles. The average molecular weight is 576 g/mol. The van der Waals surface area contributed by atoms with E-state index in [4.69, 9.17) is 19.4 Å². The fourth-order valence-corrected chi connectivity index (χ4v) is 6.31. The highest BCUT2D eigenvalue weighted by atomic mass is 16.3. The summed E-state index contributed by atoms with van der Waals surface area (Å²) in [5.74, 6) is 1.86. The molecule has 2 heterocycles. The first-order valence-corrected chi connectivity index (χ1v) is 15.0. The monoisotopic (exact) mass is 575 g/mol. The Hall–Kier alpha value is -6.13. The SMILES string of the molecule is c1ccc(-c2nc(-c3ccc4ccccc4c3)nc(-c3ccc(-c4ccccc4)c4oc5c6ccccc6ccc5c34)n2)cc1. The summed E-state index contributed by atoms with van der Waals surface area (Å²) in [6.07, 6.45) is 0. The first-order valence-electron chi connectivity index (χ1n) is 15.0. The molecule has 9 rings (SSSR count). The maximum Gasteiger partial charge on any atom is 0.164 e. The molecule has 0 amide bonds. The fourth-order valence-electron chi connectivity index (χ4n) is 6.31. The van der Waals surface area contributed by atoms with Crippen LogP contribution in [0.15, 0.2) is 156 Å². The molecule has 0 aliphatic carbocycles. The summed E-state index contributed by atoms with van der Waals surface area (Å²) in [6.45, 7) is 0. The van der Waals surface area contributed by atoms with E-state index < -0.39 is 0 Å². The van der Waals surface area contributed by atoms with Gasteiger partial charge in [-0.3, -0.25) is 0 Å². The Balaban J connectivity index is 1.36. The second kappa shape index (κ2) is 10.2. The lowest BCUT2D eigenvalue weighted by Gasteiger charge is -2.11. The van der Waals surface area contributed by atoms with E-state index in [-0.39, 0.29) is 0 Å². The van der Waals surface area contributed by atoms with Crippen molar-refractivity contribution in [1.82, 2.24) is 15.0 Å². The molecule has 0 radical (unpaired) electrons. The van der Waals surface area contributed by atoms with Crippen LogP contribution in [0.25, 0.3) is 88.8 Å². The molecule has 0 saturated carbocycles. The van der Waals surface area contributed by atoms with Crippen molar-refractivity contribution in [2.75, 3.05) is 0 Å². The molecule has 0 fully saturated rings. The van der Waals surface area contributed by atoms with Gasteiger partial charge >= 0.3 is 0 Å². The van der Waals surface area contributed by atoms with E-state index in [0.717, 1.165) is 65.9 Å². The fraction of sp³-hybridized carbons (Fsp3) is 0. The lowest BCUT2D eigenvalue weighted by Crippen LogP contribution is -2.00. The predicted octanol–water partition coefficient (Wildman–Crippen LogP) is 10.7. The Morgan fingerprint density at radius 2 is 0.956 bits per heavy atom. The van der Waals surface area contributed by atoms with E-state index in [9.17, 15) is 0 Å². The molecule has 0 aliphatic rings. The quantitative estimate of drug-likeness (QED) is 0.209. The van der Waals surface area contributed by atoms with Gasteiger partial charge in [0.05, 0.1) is 0 Å². The second-order valence-electron chi connectivity index (χ2n) is 11.2. The third-order valence-electron chi connectivity index (χ3n) is 8.51. The summed E-state index contributed by atoms with van der Waals surface area (Å²) in [5, 5.41) is 6.55. The number of furan rings is 1. The van der Waals surface area contributed by atoms with Crippen LogP contribution in [0.4, 0.5) is 0 Å². The Morgan fingerprint density at radius 1 is 0.356 bits per heavy atom. The summed E-state index contributed by atoms with van der Waals surface area (Å²) in [4.78, 5) is 15.2. The molecule has 0 N–H and O–H groups in total. The average Bonchev–Trinajstić information content (AvgIpc) is 3.52. The summed E-state index contributed by atoms with van der Waals surface area (Å²) < 4.78 is 6.82. The van der Waals surface area contributed by atoms with E-state index in [1.54, 1.807) is 0 Å². The number of aromatic nitrogens is 3. The lowest BCUT2D eigenvalue weighted by molar-refractivity contribution is 0.674. The Bertz CT molecular complexity index is 2540. The van der Waals surface area contributed by atoms with Gasteiger partial charge in [-0.2, -0.15) is 0 Å². The summed E-state index contributed by atoms with van der Waals surface area (Å²) >= 11 is 0. The second-order valence-corrected chi connectivity index (χ2v) is 11.2. The van der Waals surface area contributed by atoms with E-state index in [1.165, 1.54) is 5.39 Å². The van der Waals surface area contributed by atoms with Gasteiger partial charge in [0.15, 0.2) is 17.5 Å². The zero-order valence-corrected chi connectivity index (χ0v) is 24.2. The van der Waals surface area contributed by atoms with E-state index in [0.29, 0.717) is 17.5 Å². The third kappa shape index (κ3) is 4.27. The first-order chi connectivity index (χ1) is 22.3. The van der Waals surface area contributed by atoms with Crippen molar-refractivity contribution in [3.63, 3.8) is 0 Å². The Morgan fingerprint density at radius 3 is 1.76 bits per heavy atom. The molecule has 0 saturated heterocycles. The van der Waals surface area contributed by atoms with Crippen LogP contribution < -0.4 is 0 Å². The summed E-state index contributed by atoms with van der Waals surface area (Å²) in [5.41, 5.74) is 6.58. The highest BCUT2D eigenvalue weighted by Gasteiger charge is 2.21. The van der Waals surface area contributed by atoms with Gasteiger partial charge in [-0.25, -0.2) is 15.0 Å². The zero-order chi connectivity index (χ0) is 29.7. The molecule has 0 bridgehead atoms. The van der Waals surface area contributed by atoms with Crippen LogP contribution in [0.1, 0.15) is 0 Å².